The molecule has 0 fully saturated rings. The van der Waals surface area contributed by atoms with Gasteiger partial charge in [0.2, 0.25) is 35.4 Å². The van der Waals surface area contributed by atoms with Gasteiger partial charge < -0.3 is 64.1 Å². The molecule has 0 unspecified atom stereocenters. The van der Waals surface area contributed by atoms with Gasteiger partial charge >= 0.3 is 17.9 Å². The first-order valence-electron chi connectivity index (χ1n) is 21.4. The van der Waals surface area contributed by atoms with Gasteiger partial charge in [-0.2, -0.15) is 11.8 Å². The van der Waals surface area contributed by atoms with E-state index < -0.39 is 126 Å². The molecule has 0 aliphatic carbocycles. The Bertz CT molecular complexity index is 1540. The second-order valence-electron chi connectivity index (χ2n) is 17.1. The molecular formula is C41H75N9O12S. The van der Waals surface area contributed by atoms with E-state index >= 15 is 0 Å². The van der Waals surface area contributed by atoms with Gasteiger partial charge in [-0.3, -0.25) is 38.4 Å². The van der Waals surface area contributed by atoms with Crippen LogP contribution in [0.4, 0.5) is 0 Å². The summed E-state index contributed by atoms with van der Waals surface area (Å²) in [4.78, 5) is 115. The van der Waals surface area contributed by atoms with Crippen molar-refractivity contribution in [2.75, 3.05) is 18.6 Å². The standard InChI is InChI=1S/C41H75N9O12S/c1-11-23(8)34(50-36(56)25(42)12-13-31(51)52)40(60)46-24(9)41(61)62-30(26(43)16-20(2)3)19-45-27(14-15-63-10)37(57)49-33(22(6)7)39(59)48-29(17-21(4)5)38(58)47-28(35(44)55)18-32(53)54/h20-30,33-34,45H,11-19,42-43H2,1-10H3,(H2,44,55)(H,46,60)(H,47,58)(H,48,59)(H,49,57)(H,50,56)(H,51,52)(H,53,54)/t23-,24-,25-,26-,27-,28-,29-,30-,33-,34-/m0/s1. The summed E-state index contributed by atoms with van der Waals surface area (Å²) >= 11 is 1.47. The SMILES string of the molecule is CC[C@H](C)[C@H](NC(=O)[C@@H](N)CCC(=O)O)C(=O)N[C@@H](C)C(=O)O[C@@H](CN[C@@H](CCSC)C(=O)N[C@H](C(=O)N[C@@H](CC(C)C)C(=O)N[C@@H](CC(=O)O)C(N)=O)C(C)C)[C@@H](N)CC(C)C. The highest BCUT2D eigenvalue weighted by Crippen LogP contribution is 2.14. The number of aliphatic carboxylic acids is 2. The lowest BCUT2D eigenvalue weighted by atomic mass is 9.97. The Kier molecular flexibility index (Phi) is 27.6. The smallest absolute Gasteiger partial charge is 0.328 e. The number of ether oxygens (including phenoxy) is 1. The highest BCUT2D eigenvalue weighted by Gasteiger charge is 2.35. The fourth-order valence-electron chi connectivity index (χ4n) is 6.21. The molecular weight excluding hydrogens is 843 g/mol. The van der Waals surface area contributed by atoms with Crippen LogP contribution in [-0.2, 0) is 47.9 Å². The van der Waals surface area contributed by atoms with Crippen LogP contribution in [0.15, 0.2) is 0 Å². The number of carbonyl (C=O) groups is 9. The van der Waals surface area contributed by atoms with Crippen LogP contribution in [0.5, 0.6) is 0 Å². The van der Waals surface area contributed by atoms with Gasteiger partial charge in [0.15, 0.2) is 0 Å². The summed E-state index contributed by atoms with van der Waals surface area (Å²) in [7, 11) is 0. The van der Waals surface area contributed by atoms with E-state index in [-0.39, 0.29) is 44.1 Å². The Labute approximate surface area is 375 Å². The Morgan fingerprint density at radius 2 is 1.19 bits per heavy atom. The number of esters is 1. The van der Waals surface area contributed by atoms with Gasteiger partial charge in [0.05, 0.1) is 18.5 Å². The largest absolute Gasteiger partial charge is 0.481 e. The van der Waals surface area contributed by atoms with Gasteiger partial charge in [0.1, 0.15) is 36.3 Å². The zero-order chi connectivity index (χ0) is 48.7. The Balaban J connectivity index is 6.22. The molecule has 0 aromatic heterocycles. The summed E-state index contributed by atoms with van der Waals surface area (Å²) < 4.78 is 5.86. The predicted molar refractivity (Wildman–Crippen MR) is 237 cm³/mol. The fraction of sp³-hybridized carbons (Fsp3) is 0.780. The third kappa shape index (κ3) is 23.1. The van der Waals surface area contributed by atoms with E-state index in [4.69, 9.17) is 32.2 Å². The number of primary amides is 1. The normalized spacial score (nSPS) is 16.2. The quantitative estimate of drug-likeness (QED) is 0.0373. The van der Waals surface area contributed by atoms with Crippen LogP contribution in [0.25, 0.3) is 0 Å². The van der Waals surface area contributed by atoms with Crippen molar-refractivity contribution in [2.45, 2.75) is 162 Å². The average Bonchev–Trinajstić information content (AvgIpc) is 3.18. The van der Waals surface area contributed by atoms with Crippen molar-refractivity contribution in [1.29, 1.82) is 0 Å². The minimum Gasteiger partial charge on any atom is -0.481 e. The molecule has 0 aliphatic heterocycles. The molecule has 0 aromatic rings. The minimum absolute atomic E-state index is 0.0847. The third-order valence-electron chi connectivity index (χ3n) is 10.1. The highest BCUT2D eigenvalue weighted by atomic mass is 32.2. The maximum Gasteiger partial charge on any atom is 0.328 e. The maximum absolute atomic E-state index is 13.9. The van der Waals surface area contributed by atoms with Gasteiger partial charge in [0.25, 0.3) is 0 Å². The number of carboxylic acid groups (broad SMARTS) is 2. The lowest BCUT2D eigenvalue weighted by Gasteiger charge is -2.31. The molecule has 0 rings (SSSR count). The molecule has 0 saturated heterocycles. The molecule has 14 N–H and O–H groups in total. The van der Waals surface area contributed by atoms with Crippen molar-refractivity contribution < 1.29 is 58.1 Å². The number of rotatable bonds is 32. The first kappa shape index (κ1) is 58.5. The summed E-state index contributed by atoms with van der Waals surface area (Å²) in [5.41, 5.74) is 17.7. The lowest BCUT2D eigenvalue weighted by molar-refractivity contribution is -0.154. The first-order valence-corrected chi connectivity index (χ1v) is 22.8. The number of nitrogens with one attached hydrogen (secondary N) is 6. The van der Waals surface area contributed by atoms with Crippen LogP contribution in [0, 0.1) is 23.7 Å². The maximum atomic E-state index is 13.9. The number of carboxylic acids is 2. The molecule has 63 heavy (non-hydrogen) atoms. The van der Waals surface area contributed by atoms with E-state index in [1.54, 1.807) is 41.5 Å². The van der Waals surface area contributed by atoms with E-state index in [1.807, 2.05) is 20.1 Å². The number of nitrogens with two attached hydrogens (primary N) is 3. The van der Waals surface area contributed by atoms with E-state index in [0.29, 0.717) is 18.6 Å². The summed E-state index contributed by atoms with van der Waals surface area (Å²) in [6, 6.07) is -8.98. The molecule has 6 amide bonds. The Morgan fingerprint density at radius 3 is 1.68 bits per heavy atom. The van der Waals surface area contributed by atoms with Gasteiger partial charge in [0, 0.05) is 19.0 Å². The van der Waals surface area contributed by atoms with Crippen LogP contribution in [0.1, 0.15) is 107 Å². The van der Waals surface area contributed by atoms with Crippen LogP contribution in [-0.4, -0.2) is 137 Å². The molecule has 0 radical (unpaired) electrons. The Hall–Kier alpha value is -4.54. The second-order valence-corrected chi connectivity index (χ2v) is 18.1. The molecule has 0 bridgehead atoms. The molecule has 10 atom stereocenters. The van der Waals surface area contributed by atoms with Gasteiger partial charge in [-0.1, -0.05) is 61.8 Å². The fourth-order valence-corrected chi connectivity index (χ4v) is 6.68. The van der Waals surface area contributed by atoms with Crippen LogP contribution >= 0.6 is 11.8 Å². The van der Waals surface area contributed by atoms with E-state index in [2.05, 4.69) is 31.9 Å². The summed E-state index contributed by atoms with van der Waals surface area (Å²) in [6.45, 7) is 15.7. The molecule has 0 heterocycles. The number of amides is 6. The summed E-state index contributed by atoms with van der Waals surface area (Å²) in [6.07, 6.45) is 0.906. The number of hydrogen-bond acceptors (Lipinski definition) is 14. The molecule has 0 aromatic carbocycles. The zero-order valence-electron chi connectivity index (χ0n) is 38.5. The van der Waals surface area contributed by atoms with Crippen molar-refractivity contribution in [2.24, 2.45) is 40.9 Å². The average molecular weight is 918 g/mol. The topological polar surface area (TPSA) is 354 Å². The van der Waals surface area contributed by atoms with Crippen molar-refractivity contribution in [3.8, 4) is 0 Å². The Morgan fingerprint density at radius 1 is 0.651 bits per heavy atom. The summed E-state index contributed by atoms with van der Waals surface area (Å²) in [5, 5.41) is 34.1. The van der Waals surface area contributed by atoms with Crippen molar-refractivity contribution in [3.63, 3.8) is 0 Å². The van der Waals surface area contributed by atoms with E-state index in [9.17, 15) is 43.2 Å². The predicted octanol–water partition coefficient (Wildman–Crippen LogP) is -0.673. The molecule has 0 saturated carbocycles. The summed E-state index contributed by atoms with van der Waals surface area (Å²) in [5.74, 6) is -8.27. The third-order valence-corrected chi connectivity index (χ3v) is 10.8. The van der Waals surface area contributed by atoms with Gasteiger partial charge in [-0.15, -0.1) is 0 Å². The number of carbonyl (C=O) groups excluding carboxylic acids is 7. The number of thioether (sulfide) groups is 1. The van der Waals surface area contributed by atoms with Crippen molar-refractivity contribution >= 4 is 65.1 Å². The zero-order valence-corrected chi connectivity index (χ0v) is 39.3. The van der Waals surface area contributed by atoms with Crippen LogP contribution in [0.3, 0.4) is 0 Å². The molecule has 22 heteroatoms. The first-order chi connectivity index (χ1) is 29.2. The second kappa shape index (κ2) is 29.8. The lowest BCUT2D eigenvalue weighted by Crippen LogP contribution is -2.60. The van der Waals surface area contributed by atoms with Gasteiger partial charge in [-0.05, 0) is 68.3 Å². The highest BCUT2D eigenvalue weighted by molar-refractivity contribution is 7.98. The van der Waals surface area contributed by atoms with Crippen molar-refractivity contribution in [1.82, 2.24) is 31.9 Å². The van der Waals surface area contributed by atoms with E-state index in [1.165, 1.54) is 18.7 Å². The van der Waals surface area contributed by atoms with E-state index in [0.717, 1.165) is 0 Å². The van der Waals surface area contributed by atoms with Gasteiger partial charge in [-0.25, -0.2) is 4.79 Å². The molecule has 21 nitrogen and oxygen atoms in total. The molecule has 362 valence electrons. The minimum atomic E-state index is -1.52. The van der Waals surface area contributed by atoms with Crippen molar-refractivity contribution in [3.05, 3.63) is 0 Å². The van der Waals surface area contributed by atoms with Crippen LogP contribution < -0.4 is 49.1 Å². The molecule has 0 spiro atoms. The molecule has 0 aliphatic rings. The number of hydrogen-bond donors (Lipinski definition) is 11. The van der Waals surface area contributed by atoms with Crippen LogP contribution in [0.2, 0.25) is 0 Å². The monoisotopic (exact) mass is 918 g/mol.